The van der Waals surface area contributed by atoms with Crippen molar-refractivity contribution in [1.29, 1.82) is 0 Å². The maximum Gasteiger partial charge on any atom is 0.573 e. The smallest absolute Gasteiger partial charge is 0.493 e. The molecule has 2 aliphatic rings. The third-order valence-electron chi connectivity index (χ3n) is 7.29. The molecular weight excluding hydrogens is 483 g/mol. The lowest BCUT2D eigenvalue weighted by molar-refractivity contribution is -0.274. The Bertz CT molecular complexity index is 1070. The van der Waals surface area contributed by atoms with Gasteiger partial charge in [-0.15, -0.1) is 13.2 Å². The number of rotatable bonds is 9. The van der Waals surface area contributed by atoms with Crippen LogP contribution in [0.15, 0.2) is 42.5 Å². The summed E-state index contributed by atoms with van der Waals surface area (Å²) in [5.41, 5.74) is -1.55. The Kier molecular flexibility index (Phi) is 7.48. The average Bonchev–Trinajstić information content (AvgIpc) is 3.63. The molecule has 2 fully saturated rings. The molecule has 0 radical (unpaired) electrons. The number of ether oxygens (including phenoxy) is 2. The summed E-state index contributed by atoms with van der Waals surface area (Å²) in [7, 11) is 0. The molecule has 0 bridgehead atoms. The van der Waals surface area contributed by atoms with E-state index in [-0.39, 0.29) is 23.3 Å². The first-order valence-electron chi connectivity index (χ1n) is 12.1. The van der Waals surface area contributed by atoms with Gasteiger partial charge in [-0.05, 0) is 105 Å². The molecule has 196 valence electrons. The van der Waals surface area contributed by atoms with E-state index >= 15 is 4.39 Å². The maximum atomic E-state index is 15.0. The van der Waals surface area contributed by atoms with Crippen LogP contribution in [0.25, 0.3) is 0 Å². The van der Waals surface area contributed by atoms with Crippen LogP contribution >= 0.6 is 0 Å². The number of carboxylic acids is 1. The van der Waals surface area contributed by atoms with Crippen LogP contribution < -0.4 is 9.47 Å². The van der Waals surface area contributed by atoms with Gasteiger partial charge in [-0.25, -0.2) is 13.6 Å². The largest absolute Gasteiger partial charge is 0.573 e. The molecule has 2 aromatic carbocycles. The van der Waals surface area contributed by atoms with E-state index in [0.29, 0.717) is 43.6 Å². The minimum Gasteiger partial charge on any atom is -0.493 e. The van der Waals surface area contributed by atoms with E-state index in [0.717, 1.165) is 38.0 Å². The summed E-state index contributed by atoms with van der Waals surface area (Å²) in [5, 5.41) is 9.39. The summed E-state index contributed by atoms with van der Waals surface area (Å²) in [4.78, 5) is 11.5. The summed E-state index contributed by atoms with van der Waals surface area (Å²) in [5.74, 6) is -2.72. The quantitative estimate of drug-likeness (QED) is 0.356. The van der Waals surface area contributed by atoms with Gasteiger partial charge in [0.25, 0.3) is 0 Å². The SMILES string of the molecule is CC(F)(C(=O)O)C(c1cccc(OCC2CCC(c3cc(OC(F)(F)F)ccc3F)CC2)c1)C1CC1. The Morgan fingerprint density at radius 1 is 1.00 bits per heavy atom. The van der Waals surface area contributed by atoms with Gasteiger partial charge in [0.2, 0.25) is 5.67 Å². The molecule has 9 heteroatoms. The van der Waals surface area contributed by atoms with Crippen LogP contribution in [0.4, 0.5) is 22.0 Å². The highest BCUT2D eigenvalue weighted by atomic mass is 19.4. The number of alkyl halides is 4. The topological polar surface area (TPSA) is 55.8 Å². The summed E-state index contributed by atoms with van der Waals surface area (Å²) in [6.07, 6.45) is -0.640. The van der Waals surface area contributed by atoms with Crippen LogP contribution in [0.2, 0.25) is 0 Å². The summed E-state index contributed by atoms with van der Waals surface area (Å²) in [6.45, 7) is 1.49. The fraction of sp³-hybridized carbons (Fsp3) is 0.519. The molecule has 0 amide bonds. The normalized spacial score (nSPS) is 22.9. The van der Waals surface area contributed by atoms with Crippen molar-refractivity contribution in [3.63, 3.8) is 0 Å². The highest BCUT2D eigenvalue weighted by Gasteiger charge is 2.50. The second-order valence-corrected chi connectivity index (χ2v) is 10.0. The minimum absolute atomic E-state index is 0.0120. The molecule has 1 N–H and O–H groups in total. The van der Waals surface area contributed by atoms with Crippen molar-refractivity contribution in [3.8, 4) is 11.5 Å². The molecule has 0 aromatic heterocycles. The van der Waals surface area contributed by atoms with Gasteiger partial charge in [-0.2, -0.15) is 0 Å². The van der Waals surface area contributed by atoms with Crippen LogP contribution in [-0.2, 0) is 4.79 Å². The molecule has 2 aliphatic carbocycles. The highest BCUT2D eigenvalue weighted by Crippen LogP contribution is 2.50. The molecule has 36 heavy (non-hydrogen) atoms. The van der Waals surface area contributed by atoms with Gasteiger partial charge < -0.3 is 14.6 Å². The van der Waals surface area contributed by atoms with Gasteiger partial charge in [0.1, 0.15) is 17.3 Å². The fourth-order valence-corrected chi connectivity index (χ4v) is 5.27. The van der Waals surface area contributed by atoms with Crippen molar-refractivity contribution < 1.29 is 41.3 Å². The second-order valence-electron chi connectivity index (χ2n) is 10.0. The Labute approximate surface area is 206 Å². The molecule has 2 aromatic rings. The second kappa shape index (κ2) is 10.3. The highest BCUT2D eigenvalue weighted by molar-refractivity contribution is 5.78. The lowest BCUT2D eigenvalue weighted by Gasteiger charge is -2.29. The van der Waals surface area contributed by atoms with Crippen molar-refractivity contribution in [2.24, 2.45) is 11.8 Å². The molecular formula is C27H29F5O4. The Morgan fingerprint density at radius 3 is 2.31 bits per heavy atom. The zero-order chi connectivity index (χ0) is 26.1. The summed E-state index contributed by atoms with van der Waals surface area (Å²) >= 11 is 0. The standard InChI is InChI=1S/C27H29F5O4/c1-26(29,25(33)34)24(18-9-10-18)19-3-2-4-20(13-19)35-15-16-5-7-17(8-6-16)22-14-21(11-12-23(22)28)36-27(30,31)32/h2-4,11-14,16-18,24H,5-10,15H2,1H3,(H,33,34). The lowest BCUT2D eigenvalue weighted by Crippen LogP contribution is -2.38. The first-order chi connectivity index (χ1) is 16.9. The van der Waals surface area contributed by atoms with Gasteiger partial charge in [-0.3, -0.25) is 0 Å². The lowest BCUT2D eigenvalue weighted by atomic mass is 9.79. The molecule has 2 unspecified atom stereocenters. The molecule has 2 saturated carbocycles. The van der Waals surface area contributed by atoms with E-state index in [1.165, 1.54) is 0 Å². The summed E-state index contributed by atoms with van der Waals surface area (Å²) in [6, 6.07) is 10.0. The number of carbonyl (C=O) groups is 1. The molecule has 2 atom stereocenters. The summed E-state index contributed by atoms with van der Waals surface area (Å²) < 4.78 is 76.8. The number of hydrogen-bond donors (Lipinski definition) is 1. The van der Waals surface area contributed by atoms with Gasteiger partial charge >= 0.3 is 12.3 Å². The van der Waals surface area contributed by atoms with Crippen LogP contribution in [-0.4, -0.2) is 29.7 Å². The van der Waals surface area contributed by atoms with Crippen molar-refractivity contribution in [3.05, 3.63) is 59.4 Å². The van der Waals surface area contributed by atoms with Gasteiger partial charge in [0, 0.05) is 5.92 Å². The molecule has 4 nitrogen and oxygen atoms in total. The van der Waals surface area contributed by atoms with Crippen molar-refractivity contribution in [2.45, 2.75) is 69.3 Å². The number of carboxylic acid groups (broad SMARTS) is 1. The Hall–Kier alpha value is -2.84. The molecule has 0 spiro atoms. The molecule has 0 aliphatic heterocycles. The predicted molar refractivity (Wildman–Crippen MR) is 122 cm³/mol. The Morgan fingerprint density at radius 2 is 1.69 bits per heavy atom. The van der Waals surface area contributed by atoms with Gasteiger partial charge in [-0.1, -0.05) is 12.1 Å². The van der Waals surface area contributed by atoms with Crippen molar-refractivity contribution in [2.75, 3.05) is 6.61 Å². The van der Waals surface area contributed by atoms with Crippen LogP contribution in [0.3, 0.4) is 0 Å². The monoisotopic (exact) mass is 512 g/mol. The van der Waals surface area contributed by atoms with E-state index in [1.54, 1.807) is 24.3 Å². The third-order valence-corrected chi connectivity index (χ3v) is 7.29. The molecule has 0 saturated heterocycles. The van der Waals surface area contributed by atoms with Crippen LogP contribution in [0, 0.1) is 17.7 Å². The van der Waals surface area contributed by atoms with E-state index in [9.17, 15) is 27.5 Å². The average molecular weight is 513 g/mol. The minimum atomic E-state index is -4.84. The number of halogens is 5. The van der Waals surface area contributed by atoms with Crippen LogP contribution in [0.1, 0.15) is 68.4 Å². The van der Waals surface area contributed by atoms with E-state index in [1.807, 2.05) is 0 Å². The molecule has 4 rings (SSSR count). The first-order valence-corrected chi connectivity index (χ1v) is 12.1. The van der Waals surface area contributed by atoms with Gasteiger partial charge in [0.15, 0.2) is 0 Å². The van der Waals surface area contributed by atoms with E-state index < -0.39 is 35.5 Å². The fourth-order valence-electron chi connectivity index (χ4n) is 5.27. The zero-order valence-corrected chi connectivity index (χ0v) is 19.9. The third kappa shape index (κ3) is 6.28. The Balaban J connectivity index is 1.35. The van der Waals surface area contributed by atoms with Crippen LogP contribution in [0.5, 0.6) is 11.5 Å². The van der Waals surface area contributed by atoms with Crippen molar-refractivity contribution in [1.82, 2.24) is 0 Å². The van der Waals surface area contributed by atoms with E-state index in [2.05, 4.69) is 4.74 Å². The number of hydrogen-bond acceptors (Lipinski definition) is 3. The predicted octanol–water partition coefficient (Wildman–Crippen LogP) is 7.38. The number of benzene rings is 2. The zero-order valence-electron chi connectivity index (χ0n) is 19.9. The molecule has 0 heterocycles. The van der Waals surface area contributed by atoms with Crippen molar-refractivity contribution >= 4 is 5.97 Å². The maximum absolute atomic E-state index is 15.0. The van der Waals surface area contributed by atoms with E-state index in [4.69, 9.17) is 4.74 Å². The first kappa shape index (κ1) is 26.2. The number of aliphatic carboxylic acids is 1. The van der Waals surface area contributed by atoms with Gasteiger partial charge in [0.05, 0.1) is 6.61 Å².